The van der Waals surface area contributed by atoms with E-state index >= 15 is 0 Å². The summed E-state index contributed by atoms with van der Waals surface area (Å²) in [6.45, 7) is 43.6. The van der Waals surface area contributed by atoms with Crippen molar-refractivity contribution in [1.82, 2.24) is 0 Å². The Hall–Kier alpha value is -5.90. The fraction of sp³-hybridized carbons (Fsp3) is 0.423. The molecule has 0 amide bonds. The second-order valence-corrected chi connectivity index (χ2v) is 13.0. The third kappa shape index (κ3) is 13.6. The van der Waals surface area contributed by atoms with Crippen molar-refractivity contribution in [3.63, 3.8) is 0 Å². The van der Waals surface area contributed by atoms with Crippen LogP contribution in [0.5, 0.6) is 0 Å². The van der Waals surface area contributed by atoms with Crippen LogP contribution in [-0.4, -0.2) is 0 Å². The molecule has 10 heterocycles. The number of furan rings is 10. The molecule has 0 aromatic carbocycles. The Morgan fingerprint density at radius 2 is 0.710 bits per heavy atom. The molecule has 10 aromatic rings. The summed E-state index contributed by atoms with van der Waals surface area (Å²) in [6, 6.07) is 9.83. The normalized spacial score (nSPS) is 9.77. The van der Waals surface area contributed by atoms with E-state index in [-0.39, 0.29) is 0 Å². The summed E-state index contributed by atoms with van der Waals surface area (Å²) in [7, 11) is 0. The van der Waals surface area contributed by atoms with Crippen LogP contribution in [0.4, 0.5) is 0 Å². The summed E-state index contributed by atoms with van der Waals surface area (Å²) in [5.74, 6) is 9.63. The van der Waals surface area contributed by atoms with Gasteiger partial charge in [-0.1, -0.05) is 69.2 Å². The van der Waals surface area contributed by atoms with Gasteiger partial charge in [-0.25, -0.2) is 0 Å². The lowest BCUT2D eigenvalue weighted by Crippen LogP contribution is -1.71. The average molecular weight is 859 g/mol. The van der Waals surface area contributed by atoms with E-state index in [9.17, 15) is 0 Å². The molecule has 0 unspecified atom stereocenters. The van der Waals surface area contributed by atoms with Gasteiger partial charge in [0, 0.05) is 16.7 Å². The molecule has 0 saturated heterocycles. The maximum atomic E-state index is 5.35. The highest BCUT2D eigenvalue weighted by atomic mass is 16.5. The monoisotopic (exact) mass is 859 g/mol. The summed E-state index contributed by atoms with van der Waals surface area (Å²) < 4.78 is 52.3. The Morgan fingerprint density at radius 1 is 0.323 bits per heavy atom. The van der Waals surface area contributed by atoms with E-state index < -0.39 is 0 Å². The van der Waals surface area contributed by atoms with E-state index in [1.54, 1.807) is 18.8 Å². The molecule has 0 fully saturated rings. The van der Waals surface area contributed by atoms with Gasteiger partial charge in [0.15, 0.2) is 0 Å². The van der Waals surface area contributed by atoms with Crippen LogP contribution in [-0.2, 0) is 0 Å². The lowest BCUT2D eigenvalue weighted by molar-refractivity contribution is 0.447. The van der Waals surface area contributed by atoms with Crippen LogP contribution in [0.3, 0.4) is 0 Å². The van der Waals surface area contributed by atoms with Gasteiger partial charge in [-0.15, -0.1) is 0 Å². The zero-order valence-electron chi connectivity index (χ0n) is 41.7. The summed E-state index contributed by atoms with van der Waals surface area (Å²) in [4.78, 5) is 0. The first-order valence-electron chi connectivity index (χ1n) is 21.9. The van der Waals surface area contributed by atoms with E-state index in [4.69, 9.17) is 44.2 Å². The first kappa shape index (κ1) is 54.1. The molecule has 10 rings (SSSR count). The van der Waals surface area contributed by atoms with Gasteiger partial charge < -0.3 is 44.2 Å². The molecule has 0 N–H and O–H groups in total. The SMILES string of the molecule is CC.CC.CC.CC.CC.Cc1cc2c(C)c(C)oc2o1.Cc1cc2c(C)coc2o1.Cc1cc2cc(C)oc2o1.Cc1oc2occ(C)c2c1C.Cc1oc2occc2c1C. The van der Waals surface area contributed by atoms with Crippen molar-refractivity contribution in [3.8, 4) is 0 Å². The maximum absolute atomic E-state index is 5.35. The van der Waals surface area contributed by atoms with Crippen molar-refractivity contribution in [1.29, 1.82) is 0 Å². The number of hydrogen-bond donors (Lipinski definition) is 0. The Morgan fingerprint density at radius 3 is 1.19 bits per heavy atom. The Labute approximate surface area is 368 Å². The minimum Gasteiger partial charge on any atom is -0.433 e. The molecular weight excluding hydrogens is 785 g/mol. The predicted octanol–water partition coefficient (Wildman–Crippen LogP) is 19.0. The standard InChI is InChI=1S/2C9H10O2.3C8H8O2.5C2H6/c1-5-4-10-9-8(5)6(2)7(3)11-9;1-5-4-8-6(2)7(3)11-9(8)10-5;1-5-4-9-8-7(5)3-6(2)10-8;1-5-3-7-4-6(2)10-8(7)9-5;1-5-6(2)10-8-7(5)3-4-9-8;5*1-2/h2*4H,1-3H3;3*3-4H,1-2H3;5*1-2H3. The van der Waals surface area contributed by atoms with Crippen molar-refractivity contribution in [2.75, 3.05) is 0 Å². The fourth-order valence-corrected chi connectivity index (χ4v) is 5.78. The van der Waals surface area contributed by atoms with E-state index in [0.29, 0.717) is 28.9 Å². The predicted molar refractivity (Wildman–Crippen MR) is 256 cm³/mol. The number of aryl methyl sites for hydroxylation is 12. The molecule has 0 aliphatic heterocycles. The van der Waals surface area contributed by atoms with Crippen LogP contribution >= 0.6 is 0 Å². The number of rotatable bonds is 0. The van der Waals surface area contributed by atoms with Crippen LogP contribution < -0.4 is 0 Å². The van der Waals surface area contributed by atoms with Gasteiger partial charge in [0.25, 0.3) is 28.9 Å². The second-order valence-electron chi connectivity index (χ2n) is 13.0. The van der Waals surface area contributed by atoms with Gasteiger partial charge in [0.2, 0.25) is 0 Å². The molecule has 0 bridgehead atoms. The molecule has 10 heteroatoms. The first-order chi connectivity index (χ1) is 29.7. The first-order valence-corrected chi connectivity index (χ1v) is 21.9. The molecule has 62 heavy (non-hydrogen) atoms. The molecule has 10 nitrogen and oxygen atoms in total. The van der Waals surface area contributed by atoms with E-state index in [1.165, 1.54) is 16.7 Å². The largest absolute Gasteiger partial charge is 0.433 e. The molecule has 0 aliphatic carbocycles. The van der Waals surface area contributed by atoms with Gasteiger partial charge in [-0.3, -0.25) is 0 Å². The second kappa shape index (κ2) is 26.4. The highest BCUT2D eigenvalue weighted by Gasteiger charge is 2.13. The van der Waals surface area contributed by atoms with Crippen LogP contribution in [0.25, 0.3) is 55.8 Å². The molecule has 342 valence electrons. The van der Waals surface area contributed by atoms with Gasteiger partial charge in [-0.05, 0) is 125 Å². The van der Waals surface area contributed by atoms with Crippen molar-refractivity contribution in [2.24, 2.45) is 0 Å². The third-order valence-corrected chi connectivity index (χ3v) is 8.95. The van der Waals surface area contributed by atoms with E-state index in [1.807, 2.05) is 183 Å². The van der Waals surface area contributed by atoms with E-state index in [0.717, 1.165) is 78.4 Å². The molecule has 10 aromatic heterocycles. The molecule has 0 atom stereocenters. The van der Waals surface area contributed by atoms with Gasteiger partial charge in [0.05, 0.1) is 45.7 Å². The fourth-order valence-electron chi connectivity index (χ4n) is 5.78. The van der Waals surface area contributed by atoms with Crippen LogP contribution in [0.1, 0.15) is 137 Å². The average Bonchev–Trinajstić information content (AvgIpc) is 4.17. The lowest BCUT2D eigenvalue weighted by Gasteiger charge is -1.85. The Bertz CT molecular complexity index is 2660. The zero-order valence-corrected chi connectivity index (χ0v) is 41.7. The topological polar surface area (TPSA) is 131 Å². The number of fused-ring (bicyclic) bond motifs is 5. The number of hydrogen-bond acceptors (Lipinski definition) is 10. The molecule has 0 spiro atoms. The highest BCUT2D eigenvalue weighted by Crippen LogP contribution is 2.30. The summed E-state index contributed by atoms with van der Waals surface area (Å²) in [6.07, 6.45) is 5.06. The molecule has 0 aliphatic rings. The molecule has 0 saturated carbocycles. The smallest absolute Gasteiger partial charge is 0.297 e. The van der Waals surface area contributed by atoms with Crippen molar-refractivity contribution >= 4 is 55.8 Å². The Balaban J connectivity index is 0.000000368. The van der Waals surface area contributed by atoms with Crippen molar-refractivity contribution < 1.29 is 44.2 Å². The van der Waals surface area contributed by atoms with Crippen molar-refractivity contribution in [3.05, 3.63) is 117 Å². The van der Waals surface area contributed by atoms with Crippen LogP contribution in [0.2, 0.25) is 0 Å². The van der Waals surface area contributed by atoms with Gasteiger partial charge in [-0.2, -0.15) is 0 Å². The summed E-state index contributed by atoms with van der Waals surface area (Å²) >= 11 is 0. The van der Waals surface area contributed by atoms with Crippen LogP contribution in [0, 0.1) is 83.1 Å². The minimum atomic E-state index is 0.634. The van der Waals surface area contributed by atoms with Gasteiger partial charge in [0.1, 0.15) is 40.3 Å². The summed E-state index contributed by atoms with van der Waals surface area (Å²) in [5.41, 5.74) is 5.81. The quantitative estimate of drug-likeness (QED) is 0.145. The zero-order chi connectivity index (χ0) is 47.4. The van der Waals surface area contributed by atoms with Crippen LogP contribution in [0.15, 0.2) is 93.3 Å². The Kier molecular flexibility index (Phi) is 23.1. The molecular formula is C52H74O10. The lowest BCUT2D eigenvalue weighted by atomic mass is 10.1. The summed E-state index contributed by atoms with van der Waals surface area (Å²) in [5, 5.41) is 5.44. The third-order valence-electron chi connectivity index (χ3n) is 8.95. The minimum absolute atomic E-state index is 0.634. The van der Waals surface area contributed by atoms with Gasteiger partial charge >= 0.3 is 0 Å². The van der Waals surface area contributed by atoms with Crippen molar-refractivity contribution in [2.45, 2.75) is 152 Å². The molecule has 0 radical (unpaired) electrons. The highest BCUT2D eigenvalue weighted by molar-refractivity contribution is 5.81. The van der Waals surface area contributed by atoms with E-state index in [2.05, 4.69) is 0 Å². The maximum Gasteiger partial charge on any atom is 0.297 e.